The molecule has 1 rings (SSSR count). The van der Waals surface area contributed by atoms with E-state index < -0.39 is 134 Å². The van der Waals surface area contributed by atoms with Gasteiger partial charge in [0.05, 0.1) is 84.5 Å². The Balaban J connectivity index is 2.87. The number of nitrogens with one attached hydrogen (secondary N) is 6. The van der Waals surface area contributed by atoms with E-state index in [2.05, 4.69) is 42.2 Å². The number of nitrogens with zero attached hydrogens (tertiary/aromatic N) is 3. The van der Waals surface area contributed by atoms with E-state index in [-0.39, 0.29) is 78.7 Å². The van der Waals surface area contributed by atoms with Crippen molar-refractivity contribution in [2.75, 3.05) is 66.1 Å². The quantitative estimate of drug-likeness (QED) is 0.0298. The van der Waals surface area contributed by atoms with Crippen LogP contribution in [0.25, 0.3) is 0 Å². The molecular weight excluding hydrogens is 913 g/mol. The lowest BCUT2D eigenvalue weighted by Gasteiger charge is -2.30. The number of ether oxygens (including phenoxy) is 4. The number of aromatic nitrogens is 3. The average molecular weight is 978 g/mol. The number of hydrogen-bond acceptors (Lipinski definition) is 16. The van der Waals surface area contributed by atoms with Gasteiger partial charge in [0.1, 0.15) is 36.3 Å². The summed E-state index contributed by atoms with van der Waals surface area (Å²) in [5.41, 5.74) is -1.28. The van der Waals surface area contributed by atoms with Crippen LogP contribution in [-0.2, 0) is 79.9 Å². The summed E-state index contributed by atoms with van der Waals surface area (Å²) in [6.45, 7) is 6.00. The maximum atomic E-state index is 13.6. The molecule has 0 bridgehead atoms. The topological polar surface area (TPSA) is 391 Å². The first-order valence-corrected chi connectivity index (χ1v) is 21.5. The number of aliphatic carboxylic acids is 4. The van der Waals surface area contributed by atoms with Crippen molar-refractivity contribution in [3.8, 4) is 0 Å². The van der Waals surface area contributed by atoms with Crippen LogP contribution in [0.2, 0.25) is 0 Å². The van der Waals surface area contributed by atoms with Crippen molar-refractivity contribution < 1.29 is 91.7 Å². The Morgan fingerprint density at radius 2 is 1.18 bits per heavy atom. The summed E-state index contributed by atoms with van der Waals surface area (Å²) in [6.07, 6.45) is -1.59. The first kappa shape index (κ1) is 59.6. The highest BCUT2D eigenvalue weighted by molar-refractivity contribution is 5.98. The standard InChI is InChI=1S/C40H64FN9O18/c1-24(2)34(46-35(60)26(7-8-30(52)53)44-36(61)27(20-32(56)57)43-29(51)23-50-22-25(48-49-50)6-5-10-41)38(63)45-28(21-33(58)59)37(62)47-40(3,4)39(64)42-11-13-66-15-17-68-19-18-67-16-14-65-12-9-31(54)55/h22,24,26-28,34H,5-21,23H2,1-4H3,(H,42,64)(H,43,51)(H,44,61)(H,45,63)(H,46,60)(H,47,62)(H,52,53)(H,54,55)(H,56,57)(H,58,59)/t26-,27-,28-,34-/m0/s1. The molecule has 0 saturated carbocycles. The molecule has 0 aromatic carbocycles. The lowest BCUT2D eigenvalue weighted by atomic mass is 10.00. The molecule has 27 nitrogen and oxygen atoms in total. The smallest absolute Gasteiger partial charge is 0.305 e. The minimum Gasteiger partial charge on any atom is -0.481 e. The Kier molecular flexibility index (Phi) is 28.4. The Hall–Kier alpha value is -6.39. The Bertz CT molecular complexity index is 1830. The number of carbonyl (C=O) groups excluding carboxylic acids is 6. The molecule has 28 heteroatoms. The fourth-order valence-electron chi connectivity index (χ4n) is 5.62. The molecule has 0 radical (unpaired) electrons. The summed E-state index contributed by atoms with van der Waals surface area (Å²) in [5.74, 6) is -12.3. The predicted molar refractivity (Wildman–Crippen MR) is 229 cm³/mol. The highest BCUT2D eigenvalue weighted by atomic mass is 19.1. The number of carbonyl (C=O) groups is 10. The van der Waals surface area contributed by atoms with Crippen molar-refractivity contribution in [3.63, 3.8) is 0 Å². The zero-order valence-corrected chi connectivity index (χ0v) is 38.4. The van der Waals surface area contributed by atoms with Gasteiger partial charge in [0, 0.05) is 19.2 Å². The van der Waals surface area contributed by atoms with E-state index in [1.165, 1.54) is 33.9 Å². The van der Waals surface area contributed by atoms with Crippen LogP contribution in [0.4, 0.5) is 4.39 Å². The van der Waals surface area contributed by atoms with E-state index in [9.17, 15) is 67.7 Å². The summed E-state index contributed by atoms with van der Waals surface area (Å²) in [6, 6.07) is -6.86. The van der Waals surface area contributed by atoms with Crippen LogP contribution in [0.3, 0.4) is 0 Å². The number of hydrogen-bond donors (Lipinski definition) is 10. The second kappa shape index (κ2) is 32.3. The number of alkyl halides is 1. The zero-order chi connectivity index (χ0) is 51.2. The number of carboxylic acid groups (broad SMARTS) is 4. The number of aryl methyl sites for hydroxylation is 1. The molecular formula is C40H64FN9O18. The highest BCUT2D eigenvalue weighted by Crippen LogP contribution is 2.10. The summed E-state index contributed by atoms with van der Waals surface area (Å²) in [7, 11) is 0. The van der Waals surface area contributed by atoms with E-state index in [4.69, 9.17) is 24.1 Å². The van der Waals surface area contributed by atoms with E-state index in [0.717, 1.165) is 4.68 Å². The van der Waals surface area contributed by atoms with Gasteiger partial charge >= 0.3 is 23.9 Å². The molecule has 0 fully saturated rings. The molecule has 4 atom stereocenters. The van der Waals surface area contributed by atoms with Crippen LogP contribution in [0.5, 0.6) is 0 Å². The summed E-state index contributed by atoms with van der Waals surface area (Å²) in [5, 5.41) is 58.4. The van der Waals surface area contributed by atoms with Gasteiger partial charge in [0.25, 0.3) is 0 Å². The van der Waals surface area contributed by atoms with Crippen LogP contribution >= 0.6 is 0 Å². The van der Waals surface area contributed by atoms with Crippen LogP contribution in [-0.4, -0.2) is 191 Å². The lowest BCUT2D eigenvalue weighted by Crippen LogP contribution is -2.62. The van der Waals surface area contributed by atoms with Gasteiger partial charge in [-0.2, -0.15) is 0 Å². The van der Waals surface area contributed by atoms with Crippen molar-refractivity contribution in [2.45, 2.75) is 109 Å². The lowest BCUT2D eigenvalue weighted by molar-refractivity contribution is -0.143. The van der Waals surface area contributed by atoms with Crippen molar-refractivity contribution in [3.05, 3.63) is 11.9 Å². The second-order valence-corrected chi connectivity index (χ2v) is 15.8. The van der Waals surface area contributed by atoms with Crippen LogP contribution in [0, 0.1) is 5.92 Å². The van der Waals surface area contributed by atoms with Gasteiger partial charge < -0.3 is 71.3 Å². The van der Waals surface area contributed by atoms with Gasteiger partial charge in [-0.25, -0.2) is 4.68 Å². The van der Waals surface area contributed by atoms with Crippen molar-refractivity contribution >= 4 is 59.3 Å². The van der Waals surface area contributed by atoms with Crippen LogP contribution < -0.4 is 31.9 Å². The molecule has 6 amide bonds. The fourth-order valence-corrected chi connectivity index (χ4v) is 5.62. The maximum Gasteiger partial charge on any atom is 0.305 e. The first-order valence-electron chi connectivity index (χ1n) is 21.5. The molecule has 0 unspecified atom stereocenters. The number of carboxylic acids is 4. The monoisotopic (exact) mass is 977 g/mol. The van der Waals surface area contributed by atoms with Crippen molar-refractivity contribution in [1.29, 1.82) is 0 Å². The summed E-state index contributed by atoms with van der Waals surface area (Å²) < 4.78 is 34.8. The molecule has 0 aliphatic carbocycles. The van der Waals surface area contributed by atoms with Gasteiger partial charge in [-0.1, -0.05) is 19.1 Å². The molecule has 0 saturated heterocycles. The Labute approximate surface area is 390 Å². The van der Waals surface area contributed by atoms with E-state index in [1.807, 2.05) is 0 Å². The summed E-state index contributed by atoms with van der Waals surface area (Å²) >= 11 is 0. The number of amides is 6. The number of halogens is 1. The maximum absolute atomic E-state index is 13.6. The molecule has 0 spiro atoms. The average Bonchev–Trinajstić information content (AvgIpc) is 3.69. The predicted octanol–water partition coefficient (Wildman–Crippen LogP) is -2.86. The third kappa shape index (κ3) is 26.1. The van der Waals surface area contributed by atoms with E-state index in [0.29, 0.717) is 5.69 Å². The molecule has 0 aliphatic rings. The fraction of sp³-hybridized carbons (Fsp3) is 0.700. The van der Waals surface area contributed by atoms with Crippen molar-refractivity contribution in [2.24, 2.45) is 5.92 Å². The molecule has 1 aromatic rings. The normalized spacial score (nSPS) is 13.0. The minimum atomic E-state index is -1.80. The third-order valence-corrected chi connectivity index (χ3v) is 9.14. The highest BCUT2D eigenvalue weighted by Gasteiger charge is 2.37. The molecule has 1 heterocycles. The van der Waals surface area contributed by atoms with Gasteiger partial charge in [-0.15, -0.1) is 5.10 Å². The SMILES string of the molecule is CC(C)[C@H](NC(=O)[C@H](CCC(=O)O)NC(=O)[C@H](CC(=O)O)NC(=O)Cn1cc(CCCF)nn1)C(=O)N[C@@H](CC(=O)O)C(=O)NC(C)(C)C(=O)NCCOCCOCCOCCOCCC(=O)O. The zero-order valence-electron chi connectivity index (χ0n) is 38.4. The summed E-state index contributed by atoms with van der Waals surface area (Å²) in [4.78, 5) is 125. The van der Waals surface area contributed by atoms with Gasteiger partial charge in [0.2, 0.25) is 35.4 Å². The molecule has 68 heavy (non-hydrogen) atoms. The molecule has 10 N–H and O–H groups in total. The van der Waals surface area contributed by atoms with Gasteiger partial charge in [-0.05, 0) is 39.0 Å². The first-order chi connectivity index (χ1) is 32.1. The van der Waals surface area contributed by atoms with Gasteiger partial charge in [-0.3, -0.25) is 52.3 Å². The second-order valence-electron chi connectivity index (χ2n) is 15.8. The Morgan fingerprint density at radius 3 is 1.71 bits per heavy atom. The van der Waals surface area contributed by atoms with Crippen molar-refractivity contribution in [1.82, 2.24) is 46.9 Å². The number of rotatable bonds is 38. The van der Waals surface area contributed by atoms with Crippen LogP contribution in [0.15, 0.2) is 6.20 Å². The van der Waals surface area contributed by atoms with E-state index in [1.54, 1.807) is 0 Å². The third-order valence-electron chi connectivity index (χ3n) is 9.14. The molecule has 0 aliphatic heterocycles. The molecule has 384 valence electrons. The Morgan fingerprint density at radius 1 is 0.662 bits per heavy atom. The van der Waals surface area contributed by atoms with E-state index >= 15 is 0 Å². The largest absolute Gasteiger partial charge is 0.481 e. The van der Waals surface area contributed by atoms with Crippen LogP contribution in [0.1, 0.15) is 71.9 Å². The minimum absolute atomic E-state index is 0.00590. The molecule has 1 aromatic heterocycles. The van der Waals surface area contributed by atoms with Gasteiger partial charge in [0.15, 0.2) is 0 Å².